The number of sulfone groups is 1. The summed E-state index contributed by atoms with van der Waals surface area (Å²) in [6.45, 7) is 1.58. The lowest BCUT2D eigenvalue weighted by atomic mass is 10.1. The Kier molecular flexibility index (Phi) is 4.35. The molecular formula is C18H18N2O3S2. The largest absolute Gasteiger partial charge is 0.418 e. The highest BCUT2D eigenvalue weighted by atomic mass is 32.2. The molecule has 1 aromatic carbocycles. The Morgan fingerprint density at radius 3 is 2.44 bits per heavy atom. The molecule has 0 aliphatic carbocycles. The third-order valence-corrected chi connectivity index (χ3v) is 6.79. The molecule has 25 heavy (non-hydrogen) atoms. The van der Waals surface area contributed by atoms with Crippen LogP contribution >= 0.6 is 11.3 Å². The van der Waals surface area contributed by atoms with E-state index in [0.717, 1.165) is 37.2 Å². The molecule has 0 amide bonds. The van der Waals surface area contributed by atoms with E-state index >= 15 is 0 Å². The van der Waals surface area contributed by atoms with Gasteiger partial charge < -0.3 is 9.32 Å². The molecule has 7 heteroatoms. The Morgan fingerprint density at radius 2 is 1.76 bits per heavy atom. The predicted molar refractivity (Wildman–Crippen MR) is 97.8 cm³/mol. The number of piperidine rings is 1. The van der Waals surface area contributed by atoms with Crippen LogP contribution in [-0.4, -0.2) is 26.5 Å². The first kappa shape index (κ1) is 16.4. The summed E-state index contributed by atoms with van der Waals surface area (Å²) in [6.07, 6.45) is 3.21. The zero-order valence-corrected chi connectivity index (χ0v) is 15.2. The van der Waals surface area contributed by atoms with Crippen molar-refractivity contribution < 1.29 is 12.8 Å². The molecule has 2 aromatic heterocycles. The maximum atomic E-state index is 13.1. The van der Waals surface area contributed by atoms with Gasteiger partial charge in [0.15, 0.2) is 0 Å². The van der Waals surface area contributed by atoms with Crippen molar-refractivity contribution in [1.82, 2.24) is 4.98 Å². The number of aromatic nitrogens is 1. The molecule has 1 saturated heterocycles. The van der Waals surface area contributed by atoms with Crippen molar-refractivity contribution in [1.29, 1.82) is 0 Å². The smallest absolute Gasteiger partial charge is 0.240 e. The molecule has 0 bridgehead atoms. The number of thiophene rings is 1. The van der Waals surface area contributed by atoms with Gasteiger partial charge in [-0.15, -0.1) is 11.3 Å². The summed E-state index contributed by atoms with van der Waals surface area (Å²) in [5.74, 6) is 0.733. The molecule has 1 aliphatic rings. The second-order valence-electron chi connectivity index (χ2n) is 5.97. The minimum absolute atomic E-state index is 0.0176. The Bertz CT molecular complexity index is 942. The van der Waals surface area contributed by atoms with E-state index in [0.29, 0.717) is 11.8 Å². The number of rotatable bonds is 4. The molecule has 3 aromatic rings. The van der Waals surface area contributed by atoms with Gasteiger partial charge in [-0.3, -0.25) is 0 Å². The van der Waals surface area contributed by atoms with Crippen LogP contribution in [0.5, 0.6) is 0 Å². The Hall–Kier alpha value is -2.12. The third-order valence-electron chi connectivity index (χ3n) is 4.26. The van der Waals surface area contributed by atoms with Crippen LogP contribution in [-0.2, 0) is 9.84 Å². The van der Waals surface area contributed by atoms with Crippen molar-refractivity contribution in [2.75, 3.05) is 18.0 Å². The molecule has 0 saturated carbocycles. The average Bonchev–Trinajstić information content (AvgIpc) is 3.33. The van der Waals surface area contributed by atoms with E-state index in [1.54, 1.807) is 30.3 Å². The fourth-order valence-electron chi connectivity index (χ4n) is 2.99. The van der Waals surface area contributed by atoms with Gasteiger partial charge in [0.1, 0.15) is 0 Å². The molecule has 0 atom stereocenters. The van der Waals surface area contributed by atoms with Gasteiger partial charge in [0, 0.05) is 13.1 Å². The van der Waals surface area contributed by atoms with E-state index in [9.17, 15) is 8.42 Å². The van der Waals surface area contributed by atoms with Gasteiger partial charge in [-0.05, 0) is 42.8 Å². The topological polar surface area (TPSA) is 63.4 Å². The highest BCUT2D eigenvalue weighted by molar-refractivity contribution is 7.91. The predicted octanol–water partition coefficient (Wildman–Crippen LogP) is 4.23. The maximum absolute atomic E-state index is 13.1. The molecular weight excluding hydrogens is 356 g/mol. The summed E-state index contributed by atoms with van der Waals surface area (Å²) in [5.41, 5.74) is 0. The summed E-state index contributed by atoms with van der Waals surface area (Å²) in [4.78, 5) is 7.46. The summed E-state index contributed by atoms with van der Waals surface area (Å²) in [5, 5.41) is 1.94. The summed E-state index contributed by atoms with van der Waals surface area (Å²) >= 11 is 1.48. The van der Waals surface area contributed by atoms with Crippen LogP contribution in [0.1, 0.15) is 19.3 Å². The van der Waals surface area contributed by atoms with Gasteiger partial charge >= 0.3 is 0 Å². The molecule has 0 N–H and O–H groups in total. The van der Waals surface area contributed by atoms with Crippen molar-refractivity contribution in [3.8, 4) is 10.8 Å². The van der Waals surface area contributed by atoms with Gasteiger partial charge in [-0.1, -0.05) is 24.3 Å². The second-order valence-corrected chi connectivity index (χ2v) is 8.78. The number of oxazole rings is 1. The fraction of sp³-hybridized carbons (Fsp3) is 0.278. The van der Waals surface area contributed by atoms with Gasteiger partial charge in [-0.2, -0.15) is 4.98 Å². The third kappa shape index (κ3) is 3.09. The van der Waals surface area contributed by atoms with Crippen molar-refractivity contribution in [3.63, 3.8) is 0 Å². The zero-order valence-electron chi connectivity index (χ0n) is 13.6. The summed E-state index contributed by atoms with van der Waals surface area (Å²) in [6, 6.07) is 12.2. The Labute approximate surface area is 150 Å². The van der Waals surface area contributed by atoms with Crippen LogP contribution in [0.4, 0.5) is 5.88 Å². The molecule has 3 heterocycles. The lowest BCUT2D eigenvalue weighted by Gasteiger charge is -2.26. The molecule has 0 spiro atoms. The first-order valence-corrected chi connectivity index (χ1v) is 10.6. The summed E-state index contributed by atoms with van der Waals surface area (Å²) < 4.78 is 32.2. The normalized spacial score (nSPS) is 15.4. The number of benzene rings is 1. The zero-order chi connectivity index (χ0) is 17.3. The lowest BCUT2D eigenvalue weighted by molar-refractivity contribution is 0.499. The first-order chi connectivity index (χ1) is 12.2. The van der Waals surface area contributed by atoms with E-state index in [2.05, 4.69) is 4.98 Å². The van der Waals surface area contributed by atoms with Gasteiger partial charge in [0.2, 0.25) is 26.6 Å². The minimum atomic E-state index is -3.73. The second kappa shape index (κ2) is 6.65. The van der Waals surface area contributed by atoms with Crippen molar-refractivity contribution in [2.45, 2.75) is 29.2 Å². The molecule has 0 unspecified atom stereocenters. The molecule has 1 fully saturated rings. The maximum Gasteiger partial charge on any atom is 0.240 e. The standard InChI is InChI=1S/C18H18N2O3S2/c21-25(22,14-8-3-1-4-9-14)17-18(20-11-5-2-6-12-20)23-16(19-17)15-10-7-13-24-15/h1,3-4,7-10,13H,2,5-6,11-12H2. The Balaban J connectivity index is 1.85. The van der Waals surface area contributed by atoms with Gasteiger partial charge in [0.05, 0.1) is 9.77 Å². The minimum Gasteiger partial charge on any atom is -0.418 e. The van der Waals surface area contributed by atoms with E-state index in [1.165, 1.54) is 11.3 Å². The van der Waals surface area contributed by atoms with Gasteiger partial charge in [-0.25, -0.2) is 8.42 Å². The van der Waals surface area contributed by atoms with E-state index < -0.39 is 9.84 Å². The van der Waals surface area contributed by atoms with Crippen molar-refractivity contribution in [3.05, 3.63) is 47.8 Å². The highest BCUT2D eigenvalue weighted by Gasteiger charge is 2.31. The van der Waals surface area contributed by atoms with E-state index in [-0.39, 0.29) is 9.92 Å². The van der Waals surface area contributed by atoms with Crippen LogP contribution in [0.3, 0.4) is 0 Å². The SMILES string of the molecule is O=S(=O)(c1ccccc1)c1nc(-c2cccs2)oc1N1CCCCC1. The average molecular weight is 374 g/mol. The molecule has 1 aliphatic heterocycles. The molecule has 130 valence electrons. The van der Waals surface area contributed by atoms with Crippen LogP contribution in [0.15, 0.2) is 62.2 Å². The van der Waals surface area contributed by atoms with E-state index in [1.807, 2.05) is 22.4 Å². The lowest BCUT2D eigenvalue weighted by Crippen LogP contribution is -2.30. The molecule has 4 rings (SSSR count). The molecule has 0 radical (unpaired) electrons. The first-order valence-electron chi connectivity index (χ1n) is 8.26. The Morgan fingerprint density at radius 1 is 1.00 bits per heavy atom. The van der Waals surface area contributed by atoms with Gasteiger partial charge in [0.25, 0.3) is 0 Å². The van der Waals surface area contributed by atoms with Crippen LogP contribution in [0, 0.1) is 0 Å². The van der Waals surface area contributed by atoms with Crippen molar-refractivity contribution in [2.24, 2.45) is 0 Å². The summed E-state index contributed by atoms with van der Waals surface area (Å²) in [7, 11) is -3.73. The van der Waals surface area contributed by atoms with Crippen LogP contribution in [0.25, 0.3) is 10.8 Å². The number of hydrogen-bond acceptors (Lipinski definition) is 6. The molecule has 5 nitrogen and oxygen atoms in total. The van der Waals surface area contributed by atoms with Crippen LogP contribution in [0.2, 0.25) is 0 Å². The monoisotopic (exact) mass is 374 g/mol. The number of anilines is 1. The number of hydrogen-bond donors (Lipinski definition) is 0. The number of nitrogens with zero attached hydrogens (tertiary/aromatic N) is 2. The quantitative estimate of drug-likeness (QED) is 0.684. The van der Waals surface area contributed by atoms with Crippen molar-refractivity contribution >= 4 is 27.1 Å². The van der Waals surface area contributed by atoms with Crippen LogP contribution < -0.4 is 4.90 Å². The van der Waals surface area contributed by atoms with E-state index in [4.69, 9.17) is 4.42 Å². The fourth-order valence-corrected chi connectivity index (χ4v) is 4.98. The highest BCUT2D eigenvalue weighted by Crippen LogP contribution is 2.36.